The largest absolute Gasteiger partial charge is 0.489 e. The Hall–Kier alpha value is -2.40. The van der Waals surface area contributed by atoms with Crippen LogP contribution in [-0.2, 0) is 19.8 Å². The summed E-state index contributed by atoms with van der Waals surface area (Å²) in [5.74, 6) is 0.759. The molecule has 2 aromatic carbocycles. The molecule has 0 atom stereocenters. The van der Waals surface area contributed by atoms with Crippen LogP contribution in [0.2, 0.25) is 0 Å². The Morgan fingerprint density at radius 1 is 1.00 bits per heavy atom. The lowest BCUT2D eigenvalue weighted by atomic mass is 9.96. The zero-order chi connectivity index (χ0) is 21.3. The van der Waals surface area contributed by atoms with Gasteiger partial charge in [0.1, 0.15) is 12.4 Å². The maximum absolute atomic E-state index is 10.3. The van der Waals surface area contributed by atoms with Gasteiger partial charge in [-0.15, -0.1) is 0 Å². The van der Waals surface area contributed by atoms with Crippen molar-refractivity contribution in [2.24, 2.45) is 0 Å². The topological polar surface area (TPSA) is 69.9 Å². The van der Waals surface area contributed by atoms with Gasteiger partial charge in [0, 0.05) is 0 Å². The van der Waals surface area contributed by atoms with Gasteiger partial charge in [0.15, 0.2) is 0 Å². The second-order valence-electron chi connectivity index (χ2n) is 7.26. The summed E-state index contributed by atoms with van der Waals surface area (Å²) in [5, 5.41) is 29.1. The van der Waals surface area contributed by atoms with E-state index >= 15 is 0 Å². The highest BCUT2D eigenvalue weighted by Crippen LogP contribution is 2.22. The van der Waals surface area contributed by atoms with Crippen LogP contribution >= 0.6 is 0 Å². The normalized spacial score (nSPS) is 12.6. The van der Waals surface area contributed by atoms with Crippen LogP contribution in [0.5, 0.6) is 5.75 Å². The molecule has 0 aliphatic rings. The minimum atomic E-state index is -0.749. The second-order valence-corrected chi connectivity index (χ2v) is 7.26. The molecular formula is C25H32O4. The van der Waals surface area contributed by atoms with Gasteiger partial charge in [-0.1, -0.05) is 56.3 Å². The number of allylic oxidation sites excluding steroid dienone is 3. The Balaban J connectivity index is 2.07. The van der Waals surface area contributed by atoms with E-state index in [1.165, 1.54) is 0 Å². The maximum atomic E-state index is 10.3. The SMILES string of the molecule is CCC(O)(/C=C/C=C(/C)c1cccc(OCc2ccc(CO)c(CO)c2)c1)CC. The van der Waals surface area contributed by atoms with E-state index in [2.05, 4.69) is 0 Å². The second kappa shape index (κ2) is 11.0. The molecule has 2 rings (SSSR count). The fourth-order valence-electron chi connectivity index (χ4n) is 3.02. The van der Waals surface area contributed by atoms with E-state index in [9.17, 15) is 15.3 Å². The molecule has 0 bridgehead atoms. The molecule has 0 fully saturated rings. The predicted octanol–water partition coefficient (Wildman–Crippen LogP) is 4.76. The van der Waals surface area contributed by atoms with Crippen molar-refractivity contribution in [2.75, 3.05) is 0 Å². The number of aliphatic hydroxyl groups is 3. The summed E-state index contributed by atoms with van der Waals surface area (Å²) in [6.45, 7) is 6.17. The first kappa shape index (κ1) is 22.9. The molecule has 0 saturated carbocycles. The van der Waals surface area contributed by atoms with Gasteiger partial charge in [-0.25, -0.2) is 0 Å². The molecule has 0 spiro atoms. The van der Waals surface area contributed by atoms with Gasteiger partial charge >= 0.3 is 0 Å². The van der Waals surface area contributed by atoms with Crippen molar-refractivity contribution in [3.8, 4) is 5.75 Å². The molecule has 29 heavy (non-hydrogen) atoms. The van der Waals surface area contributed by atoms with Gasteiger partial charge in [0.25, 0.3) is 0 Å². The number of hydrogen-bond acceptors (Lipinski definition) is 4. The van der Waals surface area contributed by atoms with Crippen LogP contribution in [-0.4, -0.2) is 20.9 Å². The number of hydrogen-bond donors (Lipinski definition) is 3. The smallest absolute Gasteiger partial charge is 0.120 e. The molecule has 4 heteroatoms. The molecule has 0 aliphatic heterocycles. The number of rotatable bonds is 10. The average Bonchev–Trinajstić information content (AvgIpc) is 2.77. The monoisotopic (exact) mass is 396 g/mol. The maximum Gasteiger partial charge on any atom is 0.120 e. The molecule has 0 aromatic heterocycles. The molecule has 0 heterocycles. The van der Waals surface area contributed by atoms with Crippen molar-refractivity contribution in [2.45, 2.75) is 59.0 Å². The first-order valence-corrected chi connectivity index (χ1v) is 10.1. The van der Waals surface area contributed by atoms with E-state index in [1.54, 1.807) is 0 Å². The minimum Gasteiger partial charge on any atom is -0.489 e. The summed E-state index contributed by atoms with van der Waals surface area (Å²) in [4.78, 5) is 0. The summed E-state index contributed by atoms with van der Waals surface area (Å²) in [6.07, 6.45) is 7.14. The zero-order valence-corrected chi connectivity index (χ0v) is 17.6. The Kier molecular flexibility index (Phi) is 8.65. The zero-order valence-electron chi connectivity index (χ0n) is 17.6. The quantitative estimate of drug-likeness (QED) is 0.507. The van der Waals surface area contributed by atoms with E-state index in [0.717, 1.165) is 28.0 Å². The van der Waals surface area contributed by atoms with E-state index in [0.29, 0.717) is 25.0 Å². The fourth-order valence-corrected chi connectivity index (χ4v) is 3.02. The highest BCUT2D eigenvalue weighted by molar-refractivity contribution is 5.66. The molecular weight excluding hydrogens is 364 g/mol. The van der Waals surface area contributed by atoms with E-state index in [4.69, 9.17) is 4.74 Å². The van der Waals surface area contributed by atoms with Crippen molar-refractivity contribution in [1.82, 2.24) is 0 Å². The fraction of sp³-hybridized carbons (Fsp3) is 0.360. The standard InChI is InChI=1S/C25H32O4/c1-4-25(28,5-2)13-7-8-19(3)21-9-6-10-24(15-21)29-18-20-11-12-22(16-26)23(14-20)17-27/h6-15,26-28H,4-5,16-18H2,1-3H3/b13-7+,19-8-. The van der Waals surface area contributed by atoms with Crippen LogP contribution in [0.15, 0.2) is 60.7 Å². The molecule has 0 amide bonds. The van der Waals surface area contributed by atoms with E-state index in [-0.39, 0.29) is 13.2 Å². The number of ether oxygens (including phenoxy) is 1. The van der Waals surface area contributed by atoms with Crippen molar-refractivity contribution < 1.29 is 20.1 Å². The van der Waals surface area contributed by atoms with E-state index in [1.807, 2.05) is 81.5 Å². The number of benzene rings is 2. The van der Waals surface area contributed by atoms with Gasteiger partial charge in [0.05, 0.1) is 18.8 Å². The molecule has 0 saturated heterocycles. The number of aliphatic hydroxyl groups excluding tert-OH is 2. The van der Waals surface area contributed by atoms with Gasteiger partial charge in [-0.3, -0.25) is 0 Å². The average molecular weight is 397 g/mol. The van der Waals surface area contributed by atoms with Crippen LogP contribution in [0.25, 0.3) is 5.57 Å². The summed E-state index contributed by atoms with van der Waals surface area (Å²) >= 11 is 0. The highest BCUT2D eigenvalue weighted by atomic mass is 16.5. The molecule has 156 valence electrons. The van der Waals surface area contributed by atoms with Crippen LogP contribution in [0.3, 0.4) is 0 Å². The summed E-state index contributed by atoms with van der Waals surface area (Å²) < 4.78 is 5.92. The van der Waals surface area contributed by atoms with E-state index < -0.39 is 5.60 Å². The molecule has 3 N–H and O–H groups in total. The van der Waals surface area contributed by atoms with Gasteiger partial charge in [-0.2, -0.15) is 0 Å². The minimum absolute atomic E-state index is 0.0902. The summed E-state index contributed by atoms with van der Waals surface area (Å²) in [5.41, 5.74) is 3.76. The molecule has 0 radical (unpaired) electrons. The van der Waals surface area contributed by atoms with Crippen molar-refractivity contribution in [3.63, 3.8) is 0 Å². The van der Waals surface area contributed by atoms with Crippen molar-refractivity contribution in [3.05, 3.63) is 82.9 Å². The lowest BCUT2D eigenvalue weighted by Gasteiger charge is -2.19. The summed E-state index contributed by atoms with van der Waals surface area (Å²) in [7, 11) is 0. The predicted molar refractivity (Wildman–Crippen MR) is 117 cm³/mol. The Labute approximate surface area is 173 Å². The van der Waals surface area contributed by atoms with Gasteiger partial charge in [0.2, 0.25) is 0 Å². The first-order valence-electron chi connectivity index (χ1n) is 10.1. The third kappa shape index (κ3) is 6.57. The highest BCUT2D eigenvalue weighted by Gasteiger charge is 2.16. The van der Waals surface area contributed by atoms with Crippen LogP contribution in [0, 0.1) is 0 Å². The van der Waals surface area contributed by atoms with Gasteiger partial charge < -0.3 is 20.1 Å². The molecule has 0 unspecified atom stereocenters. The first-order chi connectivity index (χ1) is 13.9. The van der Waals surface area contributed by atoms with Crippen LogP contribution < -0.4 is 4.74 Å². The third-order valence-corrected chi connectivity index (χ3v) is 5.28. The lowest BCUT2D eigenvalue weighted by Crippen LogP contribution is -2.22. The molecule has 4 nitrogen and oxygen atoms in total. The van der Waals surface area contributed by atoms with Crippen LogP contribution in [0.1, 0.15) is 55.9 Å². The van der Waals surface area contributed by atoms with Crippen LogP contribution in [0.4, 0.5) is 0 Å². The molecule has 2 aromatic rings. The Morgan fingerprint density at radius 3 is 2.38 bits per heavy atom. The van der Waals surface area contributed by atoms with Crippen molar-refractivity contribution in [1.29, 1.82) is 0 Å². The summed E-state index contributed by atoms with van der Waals surface area (Å²) in [6, 6.07) is 13.4. The Bertz CT molecular complexity index is 848. The molecule has 0 aliphatic carbocycles. The third-order valence-electron chi connectivity index (χ3n) is 5.28. The van der Waals surface area contributed by atoms with Crippen molar-refractivity contribution >= 4 is 5.57 Å². The Morgan fingerprint density at radius 2 is 1.72 bits per heavy atom. The van der Waals surface area contributed by atoms with Gasteiger partial charge in [-0.05, 0) is 65.8 Å². The lowest BCUT2D eigenvalue weighted by molar-refractivity contribution is 0.0828.